The number of nitrogens with zero attached hydrogens (tertiary/aromatic N) is 2. The van der Waals surface area contributed by atoms with Gasteiger partial charge in [-0.3, -0.25) is 9.59 Å². The summed E-state index contributed by atoms with van der Waals surface area (Å²) in [6, 6.07) is 4.60. The molecule has 9 heteroatoms. The zero-order valence-electron chi connectivity index (χ0n) is 17.1. The van der Waals surface area contributed by atoms with Gasteiger partial charge in [-0.25, -0.2) is 8.42 Å². The number of ether oxygens (including phenoxy) is 1. The zero-order valence-corrected chi connectivity index (χ0v) is 17.9. The molecule has 0 aliphatic heterocycles. The summed E-state index contributed by atoms with van der Waals surface area (Å²) < 4.78 is 31.9. The van der Waals surface area contributed by atoms with E-state index in [9.17, 15) is 18.0 Å². The Kier molecular flexibility index (Phi) is 7.06. The number of rotatable bonds is 9. The van der Waals surface area contributed by atoms with E-state index in [1.165, 1.54) is 16.4 Å². The molecule has 156 valence electrons. The fraction of sp³-hybridized carbons (Fsp3) is 0.579. The number of carbonyl (C=O) groups is 2. The summed E-state index contributed by atoms with van der Waals surface area (Å²) in [7, 11) is -0.0792. The van der Waals surface area contributed by atoms with Crippen LogP contribution in [0.2, 0.25) is 0 Å². The lowest BCUT2D eigenvalue weighted by molar-refractivity contribution is -0.148. The normalized spacial score (nSPS) is 18.6. The fourth-order valence-electron chi connectivity index (χ4n) is 2.96. The van der Waals surface area contributed by atoms with E-state index in [2.05, 4.69) is 5.32 Å². The molecule has 0 unspecified atom stereocenters. The van der Waals surface area contributed by atoms with Crippen molar-refractivity contribution in [2.45, 2.75) is 32.1 Å². The molecular weight excluding hydrogens is 382 g/mol. The number of sulfonamides is 1. The van der Waals surface area contributed by atoms with Crippen molar-refractivity contribution in [3.8, 4) is 0 Å². The highest BCUT2D eigenvalue weighted by Crippen LogP contribution is 2.38. The monoisotopic (exact) mass is 411 g/mol. The Morgan fingerprint density at radius 2 is 1.82 bits per heavy atom. The molecule has 28 heavy (non-hydrogen) atoms. The number of amides is 1. The lowest BCUT2D eigenvalue weighted by atomic mass is 10.2. The van der Waals surface area contributed by atoms with Crippen molar-refractivity contribution in [3.63, 3.8) is 0 Å². The molecule has 1 N–H and O–H groups in total. The molecule has 0 radical (unpaired) electrons. The lowest BCUT2D eigenvalue weighted by Crippen LogP contribution is -2.31. The Labute approximate surface area is 166 Å². The molecule has 2 atom stereocenters. The third-order valence-electron chi connectivity index (χ3n) is 4.82. The summed E-state index contributed by atoms with van der Waals surface area (Å²) in [4.78, 5) is 25.9. The maximum atomic E-state index is 12.8. The minimum Gasteiger partial charge on any atom is -0.455 e. The van der Waals surface area contributed by atoms with Crippen molar-refractivity contribution >= 4 is 33.3 Å². The van der Waals surface area contributed by atoms with Crippen LogP contribution in [0.4, 0.5) is 11.4 Å². The quantitative estimate of drug-likeness (QED) is 0.624. The molecule has 1 aliphatic rings. The summed E-state index contributed by atoms with van der Waals surface area (Å²) in [5.74, 6) is -0.693. The Morgan fingerprint density at radius 3 is 2.32 bits per heavy atom. The molecule has 1 amide bonds. The van der Waals surface area contributed by atoms with Crippen molar-refractivity contribution in [3.05, 3.63) is 18.2 Å². The van der Waals surface area contributed by atoms with Gasteiger partial charge in [-0.15, -0.1) is 0 Å². The van der Waals surface area contributed by atoms with Gasteiger partial charge in [-0.05, 0) is 30.5 Å². The van der Waals surface area contributed by atoms with Gasteiger partial charge in [0.15, 0.2) is 6.61 Å². The second-order valence-corrected chi connectivity index (χ2v) is 9.08. The third-order valence-corrected chi connectivity index (χ3v) is 6.87. The number of esters is 1. The van der Waals surface area contributed by atoms with E-state index in [-0.39, 0.29) is 16.8 Å². The van der Waals surface area contributed by atoms with Gasteiger partial charge >= 0.3 is 5.97 Å². The van der Waals surface area contributed by atoms with Crippen LogP contribution in [0.3, 0.4) is 0 Å². The Bertz CT molecular complexity index is 834. The molecule has 2 rings (SSSR count). The Morgan fingerprint density at radius 1 is 1.21 bits per heavy atom. The number of nitrogens with one attached hydrogen (secondary N) is 1. The Hall–Kier alpha value is -2.13. The number of carbonyl (C=O) groups excluding carboxylic acids is 2. The predicted molar refractivity (Wildman–Crippen MR) is 108 cm³/mol. The standard InChI is InChI=1S/C19H29N3O5S/c1-6-22(7-2)28(25,26)14-8-9-17(21(4)5)16(11-14)20-18(23)12-27-19(24)15-10-13(15)3/h8-9,11,13,15H,6-7,10,12H2,1-5H3,(H,20,23)/t13-,15+/m1/s1. The van der Waals surface area contributed by atoms with Crippen molar-refractivity contribution < 1.29 is 22.7 Å². The van der Waals surface area contributed by atoms with E-state index in [4.69, 9.17) is 4.74 Å². The van der Waals surface area contributed by atoms with Crippen LogP contribution >= 0.6 is 0 Å². The summed E-state index contributed by atoms with van der Waals surface area (Å²) >= 11 is 0. The molecule has 0 bridgehead atoms. The molecule has 0 spiro atoms. The molecule has 1 saturated carbocycles. The molecule has 1 aliphatic carbocycles. The van der Waals surface area contributed by atoms with Crippen LogP contribution in [-0.2, 0) is 24.3 Å². The second-order valence-electron chi connectivity index (χ2n) is 7.14. The van der Waals surface area contributed by atoms with Gasteiger partial charge in [-0.1, -0.05) is 20.8 Å². The van der Waals surface area contributed by atoms with Gasteiger partial charge in [-0.2, -0.15) is 4.31 Å². The van der Waals surface area contributed by atoms with Crippen molar-refractivity contribution in [1.29, 1.82) is 0 Å². The van der Waals surface area contributed by atoms with Crippen LogP contribution in [-0.4, -0.2) is 58.4 Å². The van der Waals surface area contributed by atoms with E-state index in [1.807, 2.05) is 6.92 Å². The molecule has 1 fully saturated rings. The summed E-state index contributed by atoms with van der Waals surface area (Å²) in [6.45, 7) is 5.80. The summed E-state index contributed by atoms with van der Waals surface area (Å²) in [6.07, 6.45) is 0.788. The van der Waals surface area contributed by atoms with Crippen molar-refractivity contribution in [2.24, 2.45) is 11.8 Å². The molecule has 0 heterocycles. The minimum atomic E-state index is -3.66. The van der Waals surface area contributed by atoms with Crippen LogP contribution in [0.5, 0.6) is 0 Å². The predicted octanol–water partition coefficient (Wildman–Crippen LogP) is 1.92. The average molecular weight is 412 g/mol. The highest BCUT2D eigenvalue weighted by molar-refractivity contribution is 7.89. The molecular formula is C19H29N3O5S. The van der Waals surface area contributed by atoms with Gasteiger partial charge in [0.05, 0.1) is 22.2 Å². The maximum Gasteiger partial charge on any atom is 0.309 e. The SMILES string of the molecule is CCN(CC)S(=O)(=O)c1ccc(N(C)C)c(NC(=O)COC(=O)[C@H]2C[C@H]2C)c1. The number of hydrogen-bond acceptors (Lipinski definition) is 6. The van der Waals surface area contributed by atoms with Gasteiger partial charge in [0.1, 0.15) is 0 Å². The van der Waals surface area contributed by atoms with Crippen LogP contribution in [0, 0.1) is 11.8 Å². The first-order valence-electron chi connectivity index (χ1n) is 9.39. The number of benzene rings is 1. The van der Waals surface area contributed by atoms with Gasteiger partial charge in [0, 0.05) is 27.2 Å². The summed E-state index contributed by atoms with van der Waals surface area (Å²) in [5, 5.41) is 2.66. The number of hydrogen-bond donors (Lipinski definition) is 1. The molecule has 1 aromatic carbocycles. The van der Waals surface area contributed by atoms with Gasteiger partial charge < -0.3 is 15.0 Å². The van der Waals surface area contributed by atoms with Crippen molar-refractivity contribution in [2.75, 3.05) is 44.0 Å². The molecule has 8 nitrogen and oxygen atoms in total. The first kappa shape index (κ1) is 22.2. The van der Waals surface area contributed by atoms with Crippen LogP contribution < -0.4 is 10.2 Å². The maximum absolute atomic E-state index is 12.8. The fourth-order valence-corrected chi connectivity index (χ4v) is 4.44. The van der Waals surface area contributed by atoms with E-state index >= 15 is 0 Å². The molecule has 1 aromatic rings. The number of anilines is 2. The first-order chi connectivity index (χ1) is 13.1. The van der Waals surface area contributed by atoms with E-state index < -0.39 is 22.5 Å². The summed E-state index contributed by atoms with van der Waals surface area (Å²) in [5.41, 5.74) is 0.994. The van der Waals surface area contributed by atoms with Gasteiger partial charge in [0.2, 0.25) is 10.0 Å². The average Bonchev–Trinajstić information content (AvgIpc) is 3.37. The topological polar surface area (TPSA) is 96.0 Å². The van der Waals surface area contributed by atoms with E-state index in [0.29, 0.717) is 30.4 Å². The van der Waals surface area contributed by atoms with Crippen LogP contribution in [0.15, 0.2) is 23.1 Å². The molecule has 0 saturated heterocycles. The zero-order chi connectivity index (χ0) is 21.1. The Balaban J connectivity index is 2.19. The first-order valence-corrected chi connectivity index (χ1v) is 10.8. The van der Waals surface area contributed by atoms with Crippen LogP contribution in [0.25, 0.3) is 0 Å². The minimum absolute atomic E-state index is 0.0981. The van der Waals surface area contributed by atoms with Crippen LogP contribution in [0.1, 0.15) is 27.2 Å². The highest BCUT2D eigenvalue weighted by Gasteiger charge is 2.40. The largest absolute Gasteiger partial charge is 0.455 e. The third kappa shape index (κ3) is 5.02. The smallest absolute Gasteiger partial charge is 0.309 e. The van der Waals surface area contributed by atoms with E-state index in [0.717, 1.165) is 6.42 Å². The highest BCUT2D eigenvalue weighted by atomic mass is 32.2. The molecule has 0 aromatic heterocycles. The lowest BCUT2D eigenvalue weighted by Gasteiger charge is -2.22. The van der Waals surface area contributed by atoms with Gasteiger partial charge in [0.25, 0.3) is 5.91 Å². The van der Waals surface area contributed by atoms with Crippen molar-refractivity contribution in [1.82, 2.24) is 4.31 Å². The van der Waals surface area contributed by atoms with E-state index in [1.54, 1.807) is 38.9 Å². The second kappa shape index (κ2) is 8.91.